The van der Waals surface area contributed by atoms with Gasteiger partial charge in [-0.1, -0.05) is 39.3 Å². The van der Waals surface area contributed by atoms with Gasteiger partial charge >= 0.3 is 0 Å². The molecule has 34 heavy (non-hydrogen) atoms. The van der Waals surface area contributed by atoms with Crippen molar-refractivity contribution in [2.45, 2.75) is 46.8 Å². The van der Waals surface area contributed by atoms with Crippen molar-refractivity contribution in [3.8, 4) is 0 Å². The molecule has 0 atom stereocenters. The molecule has 4 rings (SSSR count). The Hall–Kier alpha value is -1.65. The third-order valence-corrected chi connectivity index (χ3v) is 9.47. The van der Waals surface area contributed by atoms with Gasteiger partial charge < -0.3 is 10.1 Å². The highest BCUT2D eigenvalue weighted by Crippen LogP contribution is 2.33. The Morgan fingerprint density at radius 1 is 1.09 bits per heavy atom. The van der Waals surface area contributed by atoms with Crippen LogP contribution < -0.4 is 5.32 Å². The van der Waals surface area contributed by atoms with Gasteiger partial charge in [0.2, 0.25) is 10.0 Å². The van der Waals surface area contributed by atoms with E-state index in [1.807, 2.05) is 24.3 Å². The van der Waals surface area contributed by atoms with Gasteiger partial charge in [-0.05, 0) is 74.6 Å². The van der Waals surface area contributed by atoms with E-state index in [2.05, 4.69) is 27.3 Å². The highest BCUT2D eigenvalue weighted by molar-refractivity contribution is 9.10. The van der Waals surface area contributed by atoms with Crippen molar-refractivity contribution in [2.24, 2.45) is 0 Å². The van der Waals surface area contributed by atoms with Crippen LogP contribution in [0.25, 0.3) is 0 Å². The summed E-state index contributed by atoms with van der Waals surface area (Å²) in [5.74, 6) is -0.255. The molecule has 1 fully saturated rings. The topological polar surface area (TPSA) is 75.7 Å². The SMILES string of the molecule is O=C(NCCC1=CCCCC1)c1cc(S(=O)(=O)N2CCOCC2)ccc1Sc1ccc(Br)cc1. The molecule has 9 heteroatoms. The van der Waals surface area contributed by atoms with Crippen LogP contribution in [-0.4, -0.2) is 51.5 Å². The van der Waals surface area contributed by atoms with Crippen LogP contribution in [0.1, 0.15) is 42.5 Å². The van der Waals surface area contributed by atoms with Gasteiger partial charge in [-0.25, -0.2) is 8.42 Å². The van der Waals surface area contributed by atoms with Crippen molar-refractivity contribution in [1.29, 1.82) is 0 Å². The minimum atomic E-state index is -3.70. The number of hydrogen-bond donors (Lipinski definition) is 1. The van der Waals surface area contributed by atoms with Crippen molar-refractivity contribution in [3.05, 3.63) is 64.1 Å². The summed E-state index contributed by atoms with van der Waals surface area (Å²) in [6, 6.07) is 12.7. The maximum absolute atomic E-state index is 13.2. The minimum Gasteiger partial charge on any atom is -0.379 e. The molecule has 1 amide bonds. The van der Waals surface area contributed by atoms with Gasteiger partial charge in [0, 0.05) is 33.9 Å². The van der Waals surface area contributed by atoms with E-state index in [4.69, 9.17) is 4.74 Å². The van der Waals surface area contributed by atoms with Crippen LogP contribution in [0.5, 0.6) is 0 Å². The first-order valence-electron chi connectivity index (χ1n) is 11.5. The number of ether oxygens (including phenoxy) is 1. The smallest absolute Gasteiger partial charge is 0.252 e. The Kier molecular flexibility index (Phi) is 8.87. The molecule has 2 aromatic carbocycles. The van der Waals surface area contributed by atoms with Gasteiger partial charge in [0.05, 0.1) is 23.7 Å². The quantitative estimate of drug-likeness (QED) is 0.443. The second kappa shape index (κ2) is 11.9. The van der Waals surface area contributed by atoms with E-state index in [1.165, 1.54) is 40.5 Å². The largest absolute Gasteiger partial charge is 0.379 e. The van der Waals surface area contributed by atoms with E-state index in [0.717, 1.165) is 33.5 Å². The standard InChI is InChI=1S/C25H29BrN2O4S2/c26-20-6-8-21(9-7-20)33-24-11-10-22(34(30,31)28-14-16-32-17-15-28)18-23(24)25(29)27-13-12-19-4-2-1-3-5-19/h4,6-11,18H,1-3,5,12-17H2,(H,27,29). The molecular weight excluding hydrogens is 536 g/mol. The van der Waals surface area contributed by atoms with E-state index in [9.17, 15) is 13.2 Å². The molecule has 1 heterocycles. The molecule has 1 aliphatic carbocycles. The van der Waals surface area contributed by atoms with Gasteiger partial charge in [-0.3, -0.25) is 4.79 Å². The highest BCUT2D eigenvalue weighted by atomic mass is 79.9. The molecule has 0 unspecified atom stereocenters. The van der Waals surface area contributed by atoms with Crippen molar-refractivity contribution in [1.82, 2.24) is 9.62 Å². The number of hydrogen-bond acceptors (Lipinski definition) is 5. The Morgan fingerprint density at radius 3 is 2.56 bits per heavy atom. The molecule has 2 aliphatic rings. The van der Waals surface area contributed by atoms with Crippen LogP contribution >= 0.6 is 27.7 Å². The fourth-order valence-corrected chi connectivity index (χ4v) is 6.69. The van der Waals surface area contributed by atoms with Crippen LogP contribution in [0.15, 0.2) is 73.3 Å². The lowest BCUT2D eigenvalue weighted by atomic mass is 9.97. The average molecular weight is 566 g/mol. The fourth-order valence-electron chi connectivity index (χ4n) is 4.07. The molecule has 0 saturated carbocycles. The number of nitrogens with one attached hydrogen (secondary N) is 1. The number of morpholine rings is 1. The summed E-state index contributed by atoms with van der Waals surface area (Å²) in [7, 11) is -3.70. The van der Waals surface area contributed by atoms with Crippen LogP contribution in [0.2, 0.25) is 0 Å². The Morgan fingerprint density at radius 2 is 1.85 bits per heavy atom. The van der Waals surface area contributed by atoms with Crippen LogP contribution in [0, 0.1) is 0 Å². The molecule has 0 bridgehead atoms. The monoisotopic (exact) mass is 564 g/mol. The van der Waals surface area contributed by atoms with Crippen molar-refractivity contribution >= 4 is 43.6 Å². The van der Waals surface area contributed by atoms with Gasteiger partial charge in [0.15, 0.2) is 0 Å². The molecule has 1 aliphatic heterocycles. The van der Waals surface area contributed by atoms with Crippen molar-refractivity contribution in [3.63, 3.8) is 0 Å². The Balaban J connectivity index is 1.57. The van der Waals surface area contributed by atoms with E-state index in [1.54, 1.807) is 12.1 Å². The molecule has 0 spiro atoms. The first-order chi connectivity index (χ1) is 16.4. The van der Waals surface area contributed by atoms with Crippen molar-refractivity contribution in [2.75, 3.05) is 32.8 Å². The van der Waals surface area contributed by atoms with Gasteiger partial charge in [0.25, 0.3) is 5.91 Å². The zero-order chi connectivity index (χ0) is 24.0. The molecule has 1 N–H and O–H groups in total. The number of benzene rings is 2. The lowest BCUT2D eigenvalue weighted by Crippen LogP contribution is -2.40. The molecule has 0 aromatic heterocycles. The number of halogens is 1. The second-order valence-corrected chi connectivity index (χ2v) is 12.3. The Labute approximate surface area is 214 Å². The average Bonchev–Trinajstić information content (AvgIpc) is 2.86. The van der Waals surface area contributed by atoms with E-state index in [-0.39, 0.29) is 10.8 Å². The first kappa shape index (κ1) is 25.4. The summed E-state index contributed by atoms with van der Waals surface area (Å²) >= 11 is 4.89. The van der Waals surface area contributed by atoms with E-state index < -0.39 is 10.0 Å². The number of rotatable bonds is 8. The van der Waals surface area contributed by atoms with Crippen molar-refractivity contribution < 1.29 is 17.9 Å². The summed E-state index contributed by atoms with van der Waals surface area (Å²) in [4.78, 5) is 15.0. The zero-order valence-corrected chi connectivity index (χ0v) is 22.2. The van der Waals surface area contributed by atoms with E-state index in [0.29, 0.717) is 38.4 Å². The molecule has 6 nitrogen and oxygen atoms in total. The maximum Gasteiger partial charge on any atom is 0.252 e. The second-order valence-electron chi connectivity index (χ2n) is 8.34. The van der Waals surface area contributed by atoms with Crippen LogP contribution in [0.4, 0.5) is 0 Å². The van der Waals surface area contributed by atoms with Crippen LogP contribution in [0.3, 0.4) is 0 Å². The summed E-state index contributed by atoms with van der Waals surface area (Å²) in [5.41, 5.74) is 1.76. The predicted octanol–water partition coefficient (Wildman–Crippen LogP) is 5.24. The maximum atomic E-state index is 13.2. The third-order valence-electron chi connectivity index (χ3n) is 5.96. The van der Waals surface area contributed by atoms with Gasteiger partial charge in [-0.2, -0.15) is 4.31 Å². The number of carbonyl (C=O) groups excluding carboxylic acids is 1. The molecule has 1 saturated heterocycles. The minimum absolute atomic E-state index is 0.134. The molecule has 0 radical (unpaired) electrons. The number of allylic oxidation sites excluding steroid dienone is 1. The first-order valence-corrected chi connectivity index (χ1v) is 14.6. The summed E-state index contributed by atoms with van der Waals surface area (Å²) < 4.78 is 34.1. The molecular formula is C25H29BrN2O4S2. The number of nitrogens with zero attached hydrogens (tertiary/aromatic N) is 1. The summed E-state index contributed by atoms with van der Waals surface area (Å²) in [6.07, 6.45) is 7.74. The highest BCUT2D eigenvalue weighted by Gasteiger charge is 2.28. The number of sulfonamides is 1. The normalized spacial score (nSPS) is 17.3. The molecule has 182 valence electrons. The number of carbonyl (C=O) groups is 1. The summed E-state index contributed by atoms with van der Waals surface area (Å²) in [5, 5.41) is 3.01. The third kappa shape index (κ3) is 6.51. The Bertz CT molecular complexity index is 1140. The predicted molar refractivity (Wildman–Crippen MR) is 138 cm³/mol. The fraction of sp³-hybridized carbons (Fsp3) is 0.400. The lowest BCUT2D eigenvalue weighted by molar-refractivity contribution is 0.0730. The van der Waals surface area contributed by atoms with Gasteiger partial charge in [0.1, 0.15) is 0 Å². The van der Waals surface area contributed by atoms with Gasteiger partial charge in [-0.15, -0.1) is 0 Å². The van der Waals surface area contributed by atoms with Crippen LogP contribution in [-0.2, 0) is 14.8 Å². The number of amides is 1. The lowest BCUT2D eigenvalue weighted by Gasteiger charge is -2.26. The van der Waals surface area contributed by atoms with E-state index >= 15 is 0 Å². The molecule has 2 aromatic rings. The summed E-state index contributed by atoms with van der Waals surface area (Å²) in [6.45, 7) is 1.91. The zero-order valence-electron chi connectivity index (χ0n) is 19.0.